The van der Waals surface area contributed by atoms with Crippen LogP contribution in [0.2, 0.25) is 5.02 Å². The van der Waals surface area contributed by atoms with E-state index in [4.69, 9.17) is 16.6 Å². The van der Waals surface area contributed by atoms with Gasteiger partial charge in [-0.05, 0) is 30.3 Å². The lowest BCUT2D eigenvalue weighted by atomic mass is 10.2. The Morgan fingerprint density at radius 3 is 2.56 bits per heavy atom. The van der Waals surface area contributed by atoms with Crippen LogP contribution in [-0.2, 0) is 0 Å². The van der Waals surface area contributed by atoms with Gasteiger partial charge < -0.3 is 0 Å². The summed E-state index contributed by atoms with van der Waals surface area (Å²) in [5, 5.41) is 1.87. The number of benzene rings is 2. The van der Waals surface area contributed by atoms with Gasteiger partial charge in [0.05, 0.1) is 11.0 Å². The normalized spacial score (nSPS) is 11.6. The number of aromatic nitrogens is 2. The van der Waals surface area contributed by atoms with Crippen molar-refractivity contribution in [3.63, 3.8) is 0 Å². The van der Waals surface area contributed by atoms with E-state index in [1.54, 1.807) is 11.3 Å². The van der Waals surface area contributed by atoms with Crippen LogP contribution < -0.4 is 0 Å². The molecule has 0 atom stereocenters. The van der Waals surface area contributed by atoms with Crippen molar-refractivity contribution in [1.82, 2.24) is 9.97 Å². The maximum absolute atomic E-state index is 6.02. The van der Waals surface area contributed by atoms with Crippen LogP contribution in [0.25, 0.3) is 31.5 Å². The van der Waals surface area contributed by atoms with Crippen LogP contribution in [0.15, 0.2) is 42.5 Å². The largest absolute Gasteiger partial charge is 0.243 e. The molecule has 0 saturated heterocycles. The number of fused-ring (bicyclic) bond motifs is 4. The topological polar surface area (TPSA) is 25.8 Å². The summed E-state index contributed by atoms with van der Waals surface area (Å²) < 4.78 is 1.13. The number of thiophene rings is 1. The third-order valence-electron chi connectivity index (χ3n) is 2.94. The molecule has 0 spiro atoms. The minimum Gasteiger partial charge on any atom is -0.243 e. The standard InChI is InChI=1S/C14H7ClN2S/c15-8-5-6-9-12(7-8)18-14-13(9)16-10-3-1-2-4-11(10)17-14/h1-7H. The van der Waals surface area contributed by atoms with Crippen molar-refractivity contribution in [3.8, 4) is 0 Å². The van der Waals surface area contributed by atoms with Crippen LogP contribution in [0.3, 0.4) is 0 Å². The fourth-order valence-electron chi connectivity index (χ4n) is 2.11. The quantitative estimate of drug-likeness (QED) is 0.465. The van der Waals surface area contributed by atoms with E-state index in [1.165, 1.54) is 0 Å². The summed E-state index contributed by atoms with van der Waals surface area (Å²) in [4.78, 5) is 10.3. The fraction of sp³-hybridized carbons (Fsp3) is 0. The van der Waals surface area contributed by atoms with Crippen molar-refractivity contribution in [2.75, 3.05) is 0 Å². The predicted octanol–water partition coefficient (Wildman–Crippen LogP) is 4.65. The summed E-state index contributed by atoms with van der Waals surface area (Å²) in [7, 11) is 0. The minimum absolute atomic E-state index is 0.749. The van der Waals surface area contributed by atoms with Gasteiger partial charge in [0.25, 0.3) is 0 Å². The second kappa shape index (κ2) is 3.64. The zero-order valence-electron chi connectivity index (χ0n) is 9.22. The van der Waals surface area contributed by atoms with Gasteiger partial charge in [-0.1, -0.05) is 23.7 Å². The van der Waals surface area contributed by atoms with Crippen molar-refractivity contribution in [1.29, 1.82) is 0 Å². The first-order valence-electron chi connectivity index (χ1n) is 5.56. The highest BCUT2D eigenvalue weighted by Gasteiger charge is 2.09. The molecule has 4 heteroatoms. The summed E-state index contributed by atoms with van der Waals surface area (Å²) in [6, 6.07) is 13.8. The molecule has 0 aliphatic heterocycles. The Hall–Kier alpha value is -1.71. The summed E-state index contributed by atoms with van der Waals surface area (Å²) in [5.74, 6) is 0. The second-order valence-corrected chi connectivity index (χ2v) is 5.58. The maximum Gasteiger partial charge on any atom is 0.143 e. The van der Waals surface area contributed by atoms with E-state index in [0.717, 1.165) is 36.5 Å². The van der Waals surface area contributed by atoms with Gasteiger partial charge in [0.15, 0.2) is 0 Å². The van der Waals surface area contributed by atoms with Crippen LogP contribution in [-0.4, -0.2) is 9.97 Å². The summed E-state index contributed by atoms with van der Waals surface area (Å²) >= 11 is 7.65. The van der Waals surface area contributed by atoms with Crippen molar-refractivity contribution < 1.29 is 0 Å². The SMILES string of the molecule is Clc1ccc2c(c1)sc1nc3ccccc3nc12. The lowest BCUT2D eigenvalue weighted by molar-refractivity contribution is 1.43. The van der Waals surface area contributed by atoms with Crippen LogP contribution in [0, 0.1) is 0 Å². The molecule has 2 aromatic carbocycles. The third kappa shape index (κ3) is 1.41. The molecule has 2 nitrogen and oxygen atoms in total. The Labute approximate surface area is 112 Å². The van der Waals surface area contributed by atoms with Gasteiger partial charge in [0, 0.05) is 15.1 Å². The Bertz CT molecular complexity index is 898. The molecule has 0 saturated carbocycles. The van der Waals surface area contributed by atoms with Crippen LogP contribution in [0.5, 0.6) is 0 Å². The molecule has 0 bridgehead atoms. The van der Waals surface area contributed by atoms with E-state index in [9.17, 15) is 0 Å². The molecule has 2 aromatic heterocycles. The predicted molar refractivity (Wildman–Crippen MR) is 77.4 cm³/mol. The smallest absolute Gasteiger partial charge is 0.143 e. The van der Waals surface area contributed by atoms with E-state index >= 15 is 0 Å². The number of halogens is 1. The van der Waals surface area contributed by atoms with Gasteiger partial charge in [-0.15, -0.1) is 11.3 Å². The van der Waals surface area contributed by atoms with Gasteiger partial charge in [0.2, 0.25) is 0 Å². The molecule has 86 valence electrons. The van der Waals surface area contributed by atoms with Gasteiger partial charge in [0.1, 0.15) is 10.3 Å². The lowest BCUT2D eigenvalue weighted by Gasteiger charge is -1.96. The Balaban J connectivity index is 2.23. The van der Waals surface area contributed by atoms with E-state index < -0.39 is 0 Å². The Morgan fingerprint density at radius 2 is 1.72 bits per heavy atom. The second-order valence-electron chi connectivity index (χ2n) is 4.11. The number of nitrogens with zero attached hydrogens (tertiary/aromatic N) is 2. The highest BCUT2D eigenvalue weighted by atomic mass is 35.5. The number of para-hydroxylation sites is 2. The first-order chi connectivity index (χ1) is 8.81. The molecular weight excluding hydrogens is 264 g/mol. The molecule has 0 aliphatic carbocycles. The first-order valence-corrected chi connectivity index (χ1v) is 6.75. The Kier molecular flexibility index (Phi) is 2.07. The summed E-state index contributed by atoms with van der Waals surface area (Å²) in [6.07, 6.45) is 0. The molecule has 0 amide bonds. The minimum atomic E-state index is 0.749. The monoisotopic (exact) mass is 270 g/mol. The molecule has 0 N–H and O–H groups in total. The molecule has 4 aromatic rings. The van der Waals surface area contributed by atoms with Crippen molar-refractivity contribution in [2.45, 2.75) is 0 Å². The molecule has 0 radical (unpaired) electrons. The average molecular weight is 271 g/mol. The molecule has 18 heavy (non-hydrogen) atoms. The van der Waals surface area contributed by atoms with E-state index in [0.29, 0.717) is 0 Å². The summed E-state index contributed by atoms with van der Waals surface area (Å²) in [5.41, 5.74) is 2.83. The molecule has 0 unspecified atom stereocenters. The molecule has 4 rings (SSSR count). The van der Waals surface area contributed by atoms with Crippen molar-refractivity contribution in [2.24, 2.45) is 0 Å². The number of rotatable bonds is 0. The zero-order chi connectivity index (χ0) is 12.1. The highest BCUT2D eigenvalue weighted by molar-refractivity contribution is 7.25. The third-order valence-corrected chi connectivity index (χ3v) is 4.21. The fourth-order valence-corrected chi connectivity index (χ4v) is 3.41. The molecule has 2 heterocycles. The summed E-state index contributed by atoms with van der Waals surface area (Å²) in [6.45, 7) is 0. The van der Waals surface area contributed by atoms with Gasteiger partial charge in [-0.25, -0.2) is 9.97 Å². The van der Waals surface area contributed by atoms with Gasteiger partial charge >= 0.3 is 0 Å². The van der Waals surface area contributed by atoms with Crippen LogP contribution >= 0.6 is 22.9 Å². The average Bonchev–Trinajstić information content (AvgIpc) is 2.72. The Morgan fingerprint density at radius 1 is 0.944 bits per heavy atom. The van der Waals surface area contributed by atoms with Crippen LogP contribution in [0.4, 0.5) is 0 Å². The van der Waals surface area contributed by atoms with Gasteiger partial charge in [-0.2, -0.15) is 0 Å². The highest BCUT2D eigenvalue weighted by Crippen LogP contribution is 2.33. The van der Waals surface area contributed by atoms with Crippen molar-refractivity contribution in [3.05, 3.63) is 47.5 Å². The molecule has 0 aliphatic rings. The van der Waals surface area contributed by atoms with Crippen molar-refractivity contribution >= 4 is 54.4 Å². The molecule has 0 fully saturated rings. The van der Waals surface area contributed by atoms with E-state index in [-0.39, 0.29) is 0 Å². The van der Waals surface area contributed by atoms with E-state index in [2.05, 4.69) is 4.98 Å². The lowest BCUT2D eigenvalue weighted by Crippen LogP contribution is -1.82. The van der Waals surface area contributed by atoms with Gasteiger partial charge in [-0.3, -0.25) is 0 Å². The van der Waals surface area contributed by atoms with E-state index in [1.807, 2.05) is 42.5 Å². The number of hydrogen-bond acceptors (Lipinski definition) is 3. The zero-order valence-corrected chi connectivity index (χ0v) is 10.8. The van der Waals surface area contributed by atoms with Crippen LogP contribution in [0.1, 0.15) is 0 Å². The maximum atomic E-state index is 6.02. The number of hydrogen-bond donors (Lipinski definition) is 0. The first kappa shape index (κ1) is 10.2. The molecular formula is C14H7ClN2S.